The highest BCUT2D eigenvalue weighted by Gasteiger charge is 2.31. The van der Waals surface area contributed by atoms with E-state index in [4.69, 9.17) is 14.0 Å². The molecule has 1 aliphatic rings. The summed E-state index contributed by atoms with van der Waals surface area (Å²) in [5, 5.41) is 0. The summed E-state index contributed by atoms with van der Waals surface area (Å²) in [6.07, 6.45) is 1.68. The van der Waals surface area contributed by atoms with Gasteiger partial charge in [0.1, 0.15) is 0 Å². The van der Waals surface area contributed by atoms with Gasteiger partial charge in [-0.15, -0.1) is 0 Å². The Balaban J connectivity index is 1.65. The topological polar surface area (TPSA) is 72.8 Å². The second-order valence-electron chi connectivity index (χ2n) is 7.02. The molecule has 0 spiro atoms. The standard InChI is InChI=1S/C19H22O5S/c1-13(10-14-4-7-16(8-5-14)25(20,21)22)11-15-6-9-17-18(12-15)24-19(2,3)23-17/h4-9,12-13H,10-11H2,1-3H3,(H,20,21,22)/t13-/m1/s1. The molecule has 6 heteroatoms. The summed E-state index contributed by atoms with van der Waals surface area (Å²) < 4.78 is 42.7. The zero-order valence-corrected chi connectivity index (χ0v) is 15.3. The highest BCUT2D eigenvalue weighted by atomic mass is 32.2. The molecule has 2 aromatic carbocycles. The zero-order valence-electron chi connectivity index (χ0n) is 14.5. The molecule has 5 nitrogen and oxygen atoms in total. The Morgan fingerprint density at radius 2 is 1.52 bits per heavy atom. The molecule has 0 unspecified atom stereocenters. The summed E-state index contributed by atoms with van der Waals surface area (Å²) >= 11 is 0. The summed E-state index contributed by atoms with van der Waals surface area (Å²) in [6.45, 7) is 5.91. The molecule has 25 heavy (non-hydrogen) atoms. The van der Waals surface area contributed by atoms with Gasteiger partial charge in [-0.05, 0) is 54.2 Å². The van der Waals surface area contributed by atoms with Crippen LogP contribution in [0, 0.1) is 5.92 Å². The summed E-state index contributed by atoms with van der Waals surface area (Å²) in [4.78, 5) is -0.0812. The summed E-state index contributed by atoms with van der Waals surface area (Å²) in [6, 6.07) is 12.3. The summed E-state index contributed by atoms with van der Waals surface area (Å²) in [5.74, 6) is 1.28. The van der Waals surface area contributed by atoms with Crippen LogP contribution in [0.2, 0.25) is 0 Å². The number of benzene rings is 2. The third-order valence-electron chi connectivity index (χ3n) is 4.11. The van der Waals surface area contributed by atoms with Gasteiger partial charge in [-0.25, -0.2) is 0 Å². The van der Waals surface area contributed by atoms with Gasteiger partial charge in [0.2, 0.25) is 5.79 Å². The van der Waals surface area contributed by atoms with Crippen molar-refractivity contribution in [3.63, 3.8) is 0 Å². The molecule has 0 aliphatic carbocycles. The average Bonchev–Trinajstić information content (AvgIpc) is 2.80. The Bertz CT molecular complexity index is 869. The van der Waals surface area contributed by atoms with E-state index in [9.17, 15) is 8.42 Å². The van der Waals surface area contributed by atoms with Crippen LogP contribution in [-0.2, 0) is 23.0 Å². The Morgan fingerprint density at radius 3 is 2.16 bits per heavy atom. The van der Waals surface area contributed by atoms with Crippen molar-refractivity contribution in [3.05, 3.63) is 53.6 Å². The van der Waals surface area contributed by atoms with Gasteiger partial charge in [-0.1, -0.05) is 25.1 Å². The van der Waals surface area contributed by atoms with E-state index in [1.165, 1.54) is 17.7 Å². The van der Waals surface area contributed by atoms with Gasteiger partial charge in [-0.3, -0.25) is 4.55 Å². The molecule has 1 aliphatic heterocycles. The largest absolute Gasteiger partial charge is 0.449 e. The third kappa shape index (κ3) is 4.32. The van der Waals surface area contributed by atoms with Crippen LogP contribution >= 0.6 is 0 Å². The summed E-state index contributed by atoms with van der Waals surface area (Å²) in [5.41, 5.74) is 2.20. The lowest BCUT2D eigenvalue weighted by molar-refractivity contribution is -0.0431. The lowest BCUT2D eigenvalue weighted by Crippen LogP contribution is -2.29. The third-order valence-corrected chi connectivity index (χ3v) is 4.98. The monoisotopic (exact) mass is 362 g/mol. The molecule has 0 fully saturated rings. The van der Waals surface area contributed by atoms with Gasteiger partial charge in [-0.2, -0.15) is 8.42 Å². The second kappa shape index (κ2) is 6.35. The molecule has 134 valence electrons. The minimum Gasteiger partial charge on any atom is -0.449 e. The van der Waals surface area contributed by atoms with Crippen LogP contribution in [0.15, 0.2) is 47.4 Å². The van der Waals surface area contributed by atoms with E-state index in [-0.39, 0.29) is 4.90 Å². The van der Waals surface area contributed by atoms with Crippen LogP contribution in [0.25, 0.3) is 0 Å². The Hall–Kier alpha value is -2.05. The normalized spacial score (nSPS) is 16.6. The highest BCUT2D eigenvalue weighted by molar-refractivity contribution is 7.85. The maximum Gasteiger partial charge on any atom is 0.294 e. The molecule has 0 saturated heterocycles. The first-order chi connectivity index (χ1) is 11.6. The lowest BCUT2D eigenvalue weighted by atomic mass is 9.94. The van der Waals surface area contributed by atoms with Crippen LogP contribution in [0.5, 0.6) is 11.5 Å². The predicted molar refractivity (Wildman–Crippen MR) is 94.6 cm³/mol. The molecule has 0 aromatic heterocycles. The fourth-order valence-electron chi connectivity index (χ4n) is 3.07. The van der Waals surface area contributed by atoms with Crippen molar-refractivity contribution < 1.29 is 22.4 Å². The van der Waals surface area contributed by atoms with E-state index in [0.717, 1.165) is 29.9 Å². The van der Waals surface area contributed by atoms with Gasteiger partial charge in [0.25, 0.3) is 10.1 Å². The van der Waals surface area contributed by atoms with Crippen LogP contribution in [0.4, 0.5) is 0 Å². The molecule has 1 heterocycles. The fraction of sp³-hybridized carbons (Fsp3) is 0.368. The molecule has 0 saturated carbocycles. The van der Waals surface area contributed by atoms with Crippen molar-refractivity contribution in [2.24, 2.45) is 5.92 Å². The zero-order chi connectivity index (χ0) is 18.2. The Kier molecular flexibility index (Phi) is 4.51. The van der Waals surface area contributed by atoms with E-state index in [0.29, 0.717) is 5.92 Å². The quantitative estimate of drug-likeness (QED) is 0.818. The predicted octanol–water partition coefficient (Wildman–Crippen LogP) is 3.86. The van der Waals surface area contributed by atoms with Crippen molar-refractivity contribution in [2.45, 2.75) is 44.3 Å². The van der Waals surface area contributed by atoms with E-state index < -0.39 is 15.9 Å². The molecule has 2 aromatic rings. The van der Waals surface area contributed by atoms with Crippen molar-refractivity contribution in [1.29, 1.82) is 0 Å². The molecule has 0 radical (unpaired) electrons. The first-order valence-electron chi connectivity index (χ1n) is 8.20. The van der Waals surface area contributed by atoms with Crippen molar-refractivity contribution in [1.82, 2.24) is 0 Å². The lowest BCUT2D eigenvalue weighted by Gasteiger charge is -2.16. The Labute approximate surface area is 148 Å². The molecular weight excluding hydrogens is 340 g/mol. The number of fused-ring (bicyclic) bond motifs is 1. The van der Waals surface area contributed by atoms with Crippen LogP contribution in [0.1, 0.15) is 31.9 Å². The van der Waals surface area contributed by atoms with Gasteiger partial charge in [0, 0.05) is 13.8 Å². The first-order valence-corrected chi connectivity index (χ1v) is 9.64. The molecule has 1 atom stereocenters. The van der Waals surface area contributed by atoms with Gasteiger partial charge in [0.05, 0.1) is 4.90 Å². The van der Waals surface area contributed by atoms with Gasteiger partial charge < -0.3 is 9.47 Å². The van der Waals surface area contributed by atoms with E-state index in [1.54, 1.807) is 12.1 Å². The van der Waals surface area contributed by atoms with E-state index in [1.807, 2.05) is 32.0 Å². The van der Waals surface area contributed by atoms with Crippen molar-refractivity contribution >= 4 is 10.1 Å². The van der Waals surface area contributed by atoms with Gasteiger partial charge in [0.15, 0.2) is 11.5 Å². The average molecular weight is 362 g/mol. The molecule has 3 rings (SSSR count). The highest BCUT2D eigenvalue weighted by Crippen LogP contribution is 2.39. The maximum atomic E-state index is 11.1. The molecule has 0 amide bonds. The van der Waals surface area contributed by atoms with Gasteiger partial charge >= 0.3 is 0 Å². The number of hydrogen-bond acceptors (Lipinski definition) is 4. The SMILES string of the molecule is C[C@H](Cc1ccc(S(=O)(=O)O)cc1)Cc1ccc2c(c1)OC(C)(C)O2. The van der Waals surface area contributed by atoms with Crippen molar-refractivity contribution in [3.8, 4) is 11.5 Å². The van der Waals surface area contributed by atoms with Crippen LogP contribution < -0.4 is 9.47 Å². The molecule has 0 bridgehead atoms. The minimum atomic E-state index is -4.14. The van der Waals surface area contributed by atoms with Crippen LogP contribution in [0.3, 0.4) is 0 Å². The fourth-order valence-corrected chi connectivity index (χ4v) is 3.55. The van der Waals surface area contributed by atoms with Crippen molar-refractivity contribution in [2.75, 3.05) is 0 Å². The number of hydrogen-bond donors (Lipinski definition) is 1. The first kappa shape index (κ1) is 17.8. The van der Waals surface area contributed by atoms with E-state index in [2.05, 4.69) is 6.92 Å². The van der Waals surface area contributed by atoms with E-state index >= 15 is 0 Å². The number of rotatable bonds is 5. The summed E-state index contributed by atoms with van der Waals surface area (Å²) in [7, 11) is -4.14. The smallest absolute Gasteiger partial charge is 0.294 e. The molecule has 1 N–H and O–H groups in total. The second-order valence-corrected chi connectivity index (χ2v) is 8.44. The molecular formula is C19H22O5S. The number of ether oxygens (including phenoxy) is 2. The van der Waals surface area contributed by atoms with Crippen LogP contribution in [-0.4, -0.2) is 18.8 Å². The maximum absolute atomic E-state index is 11.1. The minimum absolute atomic E-state index is 0.0812. The Morgan fingerprint density at radius 1 is 0.960 bits per heavy atom.